The summed E-state index contributed by atoms with van der Waals surface area (Å²) in [5.41, 5.74) is 5.10. The van der Waals surface area contributed by atoms with E-state index in [4.69, 9.17) is 9.72 Å². The second kappa shape index (κ2) is 14.9. The number of benzene rings is 2. The molecule has 240 valence electrons. The van der Waals surface area contributed by atoms with Crippen LogP contribution in [0.25, 0.3) is 11.3 Å². The third kappa shape index (κ3) is 10.8. The number of nitrogens with zero attached hydrogens (tertiary/aromatic N) is 2. The van der Waals surface area contributed by atoms with Gasteiger partial charge in [0.1, 0.15) is 5.60 Å². The summed E-state index contributed by atoms with van der Waals surface area (Å²) in [6, 6.07) is 12.5. The van der Waals surface area contributed by atoms with Gasteiger partial charge in [0.25, 0.3) is 0 Å². The standard InChI is InChI=1S/C23H31BrN2O2S.C12H14Br2O/c1-22(2,3)17-11-16(12-18(24)13-17)19-14-29-20(25-19)15-7-9-26(10-8-15)21(27)28-23(4,5)6;1-12(2,3)9-4-8(11(15)7-13)5-10(14)6-9/h11-15H,7-10H2,1-6H3;4-6H,7H2,1-3H3. The van der Waals surface area contributed by atoms with Gasteiger partial charge in [0.2, 0.25) is 0 Å². The van der Waals surface area contributed by atoms with Crippen LogP contribution in [-0.4, -0.2) is 45.8 Å². The fraction of sp³-hybridized carbons (Fsp3) is 0.514. The zero-order valence-electron chi connectivity index (χ0n) is 27.3. The van der Waals surface area contributed by atoms with Crippen molar-refractivity contribution in [3.8, 4) is 11.3 Å². The normalized spacial score (nSPS) is 14.6. The number of carbonyl (C=O) groups is 2. The number of halogens is 3. The molecule has 0 radical (unpaired) electrons. The first-order valence-corrected chi connectivity index (χ1v) is 18.5. The van der Waals surface area contributed by atoms with Crippen molar-refractivity contribution >= 4 is 71.0 Å². The molecular formula is C35H45Br3N2O3S. The lowest BCUT2D eigenvalue weighted by molar-refractivity contribution is 0.0204. The third-order valence-corrected chi connectivity index (χ3v) is 9.72. The van der Waals surface area contributed by atoms with Crippen LogP contribution < -0.4 is 0 Å². The van der Waals surface area contributed by atoms with Crippen LogP contribution in [-0.2, 0) is 15.6 Å². The van der Waals surface area contributed by atoms with Gasteiger partial charge in [-0.05, 0) is 92.0 Å². The second-order valence-corrected chi connectivity index (χ2v) is 17.6. The molecule has 2 heterocycles. The number of hydrogen-bond acceptors (Lipinski definition) is 5. The molecule has 0 bridgehead atoms. The van der Waals surface area contributed by atoms with E-state index in [0.717, 1.165) is 51.7 Å². The molecule has 3 aromatic rings. The lowest BCUT2D eigenvalue weighted by atomic mass is 9.86. The number of amides is 1. The van der Waals surface area contributed by atoms with Crippen LogP contribution in [0.3, 0.4) is 0 Å². The first kappa shape index (κ1) is 36.9. The molecule has 1 amide bonds. The number of ether oxygens (including phenoxy) is 1. The van der Waals surface area contributed by atoms with Crippen LogP contribution in [0.1, 0.15) is 108 Å². The Labute approximate surface area is 293 Å². The van der Waals surface area contributed by atoms with Crippen LogP contribution >= 0.6 is 59.1 Å². The smallest absolute Gasteiger partial charge is 0.410 e. The first-order valence-electron chi connectivity index (χ1n) is 14.9. The molecular weight excluding hydrogens is 768 g/mol. The van der Waals surface area contributed by atoms with Crippen molar-refractivity contribution in [3.05, 3.63) is 72.4 Å². The zero-order chi connectivity index (χ0) is 33.0. The van der Waals surface area contributed by atoms with Gasteiger partial charge in [0.05, 0.1) is 16.0 Å². The van der Waals surface area contributed by atoms with Gasteiger partial charge in [-0.15, -0.1) is 11.3 Å². The van der Waals surface area contributed by atoms with Crippen LogP contribution in [0.5, 0.6) is 0 Å². The van der Waals surface area contributed by atoms with Gasteiger partial charge < -0.3 is 9.64 Å². The first-order chi connectivity index (χ1) is 20.3. The molecule has 1 aliphatic rings. The Morgan fingerprint density at radius 1 is 0.864 bits per heavy atom. The quantitative estimate of drug-likeness (QED) is 0.194. The van der Waals surface area contributed by atoms with Gasteiger partial charge in [-0.1, -0.05) is 89.3 Å². The topological polar surface area (TPSA) is 59.5 Å². The number of carbonyl (C=O) groups excluding carboxylic acids is 2. The highest BCUT2D eigenvalue weighted by atomic mass is 79.9. The molecule has 1 fully saturated rings. The molecule has 5 nitrogen and oxygen atoms in total. The number of hydrogen-bond donors (Lipinski definition) is 0. The highest BCUT2D eigenvalue weighted by Crippen LogP contribution is 2.36. The number of piperidine rings is 1. The highest BCUT2D eigenvalue weighted by Gasteiger charge is 2.29. The molecule has 44 heavy (non-hydrogen) atoms. The predicted molar refractivity (Wildman–Crippen MR) is 195 cm³/mol. The fourth-order valence-corrected chi connectivity index (χ4v) is 6.99. The van der Waals surface area contributed by atoms with Crippen LogP contribution in [0, 0.1) is 0 Å². The highest BCUT2D eigenvalue weighted by molar-refractivity contribution is 9.10. The van der Waals surface area contributed by atoms with Crippen LogP contribution in [0.15, 0.2) is 50.7 Å². The summed E-state index contributed by atoms with van der Waals surface area (Å²) in [7, 11) is 0. The zero-order valence-corrected chi connectivity index (χ0v) is 32.9. The number of likely N-dealkylation sites (tertiary alicyclic amines) is 1. The van der Waals surface area contributed by atoms with Crippen molar-refractivity contribution in [2.24, 2.45) is 0 Å². The van der Waals surface area contributed by atoms with E-state index in [1.54, 1.807) is 11.3 Å². The Morgan fingerprint density at radius 3 is 1.93 bits per heavy atom. The summed E-state index contributed by atoms with van der Waals surface area (Å²) in [4.78, 5) is 30.6. The van der Waals surface area contributed by atoms with E-state index in [1.807, 2.05) is 37.8 Å². The van der Waals surface area contributed by atoms with Gasteiger partial charge in [0.15, 0.2) is 5.78 Å². The van der Waals surface area contributed by atoms with E-state index in [0.29, 0.717) is 11.2 Å². The van der Waals surface area contributed by atoms with E-state index in [9.17, 15) is 9.59 Å². The Bertz CT molecular complexity index is 1460. The van der Waals surface area contributed by atoms with Gasteiger partial charge in [-0.2, -0.15) is 0 Å². The van der Waals surface area contributed by atoms with Crippen LogP contribution in [0.4, 0.5) is 4.79 Å². The number of thiazole rings is 1. The average Bonchev–Trinajstić information content (AvgIpc) is 3.41. The molecule has 1 aliphatic heterocycles. The minimum absolute atomic E-state index is 0.0606. The maximum Gasteiger partial charge on any atom is 0.410 e. The van der Waals surface area contributed by atoms with Crippen molar-refractivity contribution in [3.63, 3.8) is 0 Å². The maximum absolute atomic E-state index is 12.3. The molecule has 4 rings (SSSR count). The number of aromatic nitrogens is 1. The van der Waals surface area contributed by atoms with E-state index >= 15 is 0 Å². The lowest BCUT2D eigenvalue weighted by Crippen LogP contribution is -2.41. The van der Waals surface area contributed by atoms with Crippen molar-refractivity contribution < 1.29 is 14.3 Å². The van der Waals surface area contributed by atoms with E-state index in [-0.39, 0.29) is 22.7 Å². The minimum Gasteiger partial charge on any atom is -0.444 e. The predicted octanol–water partition coefficient (Wildman–Crippen LogP) is 11.3. The monoisotopic (exact) mass is 810 g/mol. The molecule has 2 aromatic carbocycles. The molecule has 9 heteroatoms. The number of rotatable bonds is 4. The average molecular weight is 814 g/mol. The van der Waals surface area contributed by atoms with E-state index < -0.39 is 5.60 Å². The molecule has 0 aliphatic carbocycles. The summed E-state index contributed by atoms with van der Waals surface area (Å²) >= 11 is 12.0. The van der Waals surface area contributed by atoms with Crippen molar-refractivity contribution in [1.82, 2.24) is 9.88 Å². The summed E-state index contributed by atoms with van der Waals surface area (Å²) < 4.78 is 7.54. The number of Topliss-reactive ketones (excluding diaryl/α,β-unsaturated/α-hetero) is 1. The third-order valence-electron chi connectivity index (χ3n) is 7.28. The summed E-state index contributed by atoms with van der Waals surface area (Å²) in [5.74, 6) is 0.517. The summed E-state index contributed by atoms with van der Waals surface area (Å²) in [5, 5.41) is 3.69. The molecule has 1 saturated heterocycles. The summed E-state index contributed by atoms with van der Waals surface area (Å²) in [6.45, 7) is 20.2. The van der Waals surface area contributed by atoms with Crippen molar-refractivity contribution in [2.45, 2.75) is 97.5 Å². The second-order valence-electron chi connectivity index (χ2n) is 14.3. The fourth-order valence-electron chi connectivity index (χ4n) is 4.67. The Morgan fingerprint density at radius 2 is 1.41 bits per heavy atom. The number of alkyl halides is 1. The van der Waals surface area contributed by atoms with E-state index in [2.05, 4.69) is 119 Å². The molecule has 0 spiro atoms. The maximum atomic E-state index is 12.3. The Kier molecular flexibility index (Phi) is 12.5. The van der Waals surface area contributed by atoms with Gasteiger partial charge in [-0.3, -0.25) is 4.79 Å². The molecule has 0 unspecified atom stereocenters. The molecule has 0 atom stereocenters. The lowest BCUT2D eigenvalue weighted by Gasteiger charge is -2.32. The largest absolute Gasteiger partial charge is 0.444 e. The minimum atomic E-state index is -0.450. The van der Waals surface area contributed by atoms with Crippen LogP contribution in [0.2, 0.25) is 0 Å². The van der Waals surface area contributed by atoms with Gasteiger partial charge in [-0.25, -0.2) is 9.78 Å². The van der Waals surface area contributed by atoms with Crippen molar-refractivity contribution in [2.75, 3.05) is 18.4 Å². The van der Waals surface area contributed by atoms with E-state index in [1.165, 1.54) is 16.1 Å². The SMILES string of the molecule is CC(C)(C)OC(=O)N1CCC(c2nc(-c3cc(Br)cc(C(C)(C)C)c3)cs2)CC1.CC(C)(C)c1cc(Br)cc(C(=O)CBr)c1. The Balaban J connectivity index is 0.000000297. The number of ketones is 1. The van der Waals surface area contributed by atoms with Gasteiger partial charge >= 0.3 is 6.09 Å². The van der Waals surface area contributed by atoms with Gasteiger partial charge in [0, 0.05) is 44.5 Å². The molecule has 0 saturated carbocycles. The van der Waals surface area contributed by atoms with Crippen molar-refractivity contribution in [1.29, 1.82) is 0 Å². The molecule has 0 N–H and O–H groups in total. The Hall–Kier alpha value is -1.55. The molecule has 1 aromatic heterocycles. The summed E-state index contributed by atoms with van der Waals surface area (Å²) in [6.07, 6.45) is 1.65.